The van der Waals surface area contributed by atoms with E-state index in [4.69, 9.17) is 0 Å². The number of benzene rings is 1. The Morgan fingerprint density at radius 2 is 1.94 bits per heavy atom. The molecule has 1 aliphatic carbocycles. The van der Waals surface area contributed by atoms with Crippen molar-refractivity contribution in [1.82, 2.24) is 24.8 Å². The van der Waals surface area contributed by atoms with Crippen LogP contribution in [0.2, 0.25) is 0 Å². The molecule has 1 aromatic carbocycles. The molecule has 2 fully saturated rings. The summed E-state index contributed by atoms with van der Waals surface area (Å²) in [6, 6.07) is 10.5. The summed E-state index contributed by atoms with van der Waals surface area (Å²) < 4.78 is 0. The number of hydrogen-bond acceptors (Lipinski definition) is 6. The average molecular weight is 442 g/mol. The second kappa shape index (κ2) is 8.44. The van der Waals surface area contributed by atoms with Crippen LogP contribution in [-0.4, -0.2) is 69.1 Å². The van der Waals surface area contributed by atoms with Gasteiger partial charge in [-0.25, -0.2) is 9.97 Å². The van der Waals surface area contributed by atoms with Crippen molar-refractivity contribution < 1.29 is 4.79 Å². The molecule has 6 rings (SSSR count). The lowest BCUT2D eigenvalue weighted by Crippen LogP contribution is -2.49. The van der Waals surface area contributed by atoms with Crippen LogP contribution in [0.3, 0.4) is 0 Å². The maximum Gasteiger partial charge on any atom is 0.270 e. The first-order valence-corrected chi connectivity index (χ1v) is 11.7. The van der Waals surface area contributed by atoms with Crippen molar-refractivity contribution >= 4 is 40.4 Å². The molecule has 0 atom stereocenters. The molecule has 1 amide bonds. The number of rotatable bonds is 5. The van der Waals surface area contributed by atoms with Crippen LogP contribution in [0.4, 0.5) is 11.6 Å². The zero-order valence-electron chi connectivity index (χ0n) is 18.5. The molecule has 0 spiro atoms. The number of anilines is 2. The number of H-pyrrole nitrogens is 1. The molecular weight excluding hydrogens is 414 g/mol. The van der Waals surface area contributed by atoms with E-state index in [1.165, 1.54) is 12.8 Å². The number of carbonyl (C=O) groups excluding carboxylic acids is 1. The number of fused-ring (bicyclic) bond motifs is 1. The molecule has 2 aliphatic heterocycles. The van der Waals surface area contributed by atoms with E-state index in [2.05, 4.69) is 36.2 Å². The molecule has 8 heteroatoms. The molecule has 0 radical (unpaired) electrons. The molecule has 1 saturated heterocycles. The minimum absolute atomic E-state index is 0.0773. The van der Waals surface area contributed by atoms with E-state index in [1.54, 1.807) is 6.20 Å². The van der Waals surface area contributed by atoms with Gasteiger partial charge in [0.2, 0.25) is 5.95 Å². The second-order valence-electron chi connectivity index (χ2n) is 8.91. The number of nitrogens with one attached hydrogen (secondary N) is 2. The molecule has 0 unspecified atom stereocenters. The fraction of sp³-hybridized carbons (Fsp3) is 0.360. The summed E-state index contributed by atoms with van der Waals surface area (Å²) in [6.07, 6.45) is 10.3. The van der Waals surface area contributed by atoms with E-state index in [0.717, 1.165) is 73.0 Å². The van der Waals surface area contributed by atoms with Crippen molar-refractivity contribution in [3.05, 3.63) is 54.0 Å². The van der Waals surface area contributed by atoms with Crippen LogP contribution in [0.5, 0.6) is 0 Å². The predicted molar refractivity (Wildman–Crippen MR) is 130 cm³/mol. The van der Waals surface area contributed by atoms with Gasteiger partial charge in [0.15, 0.2) is 0 Å². The van der Waals surface area contributed by atoms with Gasteiger partial charge in [0.25, 0.3) is 5.91 Å². The van der Waals surface area contributed by atoms with Gasteiger partial charge < -0.3 is 15.2 Å². The van der Waals surface area contributed by atoms with E-state index in [-0.39, 0.29) is 5.91 Å². The fourth-order valence-electron chi connectivity index (χ4n) is 4.60. The Morgan fingerprint density at radius 1 is 1.06 bits per heavy atom. The Labute approximate surface area is 192 Å². The van der Waals surface area contributed by atoms with Crippen molar-refractivity contribution in [1.29, 1.82) is 0 Å². The summed E-state index contributed by atoms with van der Waals surface area (Å²) in [6.45, 7) is 3.55. The minimum Gasteiger partial charge on any atom is -0.351 e. The molecule has 168 valence electrons. The van der Waals surface area contributed by atoms with Gasteiger partial charge in [-0.2, -0.15) is 0 Å². The highest BCUT2D eigenvalue weighted by Crippen LogP contribution is 2.28. The topological polar surface area (TPSA) is 89.5 Å². The quantitative estimate of drug-likeness (QED) is 0.628. The molecule has 2 N–H and O–H groups in total. The third-order valence-electron chi connectivity index (χ3n) is 6.55. The number of hydrogen-bond donors (Lipinski definition) is 2. The number of aliphatic imine (C=N–C) groups is 1. The van der Waals surface area contributed by atoms with Crippen LogP contribution >= 0.6 is 0 Å². The largest absolute Gasteiger partial charge is 0.351 e. The first kappa shape index (κ1) is 20.1. The van der Waals surface area contributed by atoms with Crippen LogP contribution in [0, 0.1) is 0 Å². The van der Waals surface area contributed by atoms with Gasteiger partial charge in [-0.15, -0.1) is 0 Å². The van der Waals surface area contributed by atoms with Crippen LogP contribution in [0.25, 0.3) is 16.6 Å². The van der Waals surface area contributed by atoms with Gasteiger partial charge in [0.05, 0.1) is 11.4 Å². The van der Waals surface area contributed by atoms with Gasteiger partial charge >= 0.3 is 0 Å². The Morgan fingerprint density at radius 3 is 2.73 bits per heavy atom. The first-order chi connectivity index (χ1) is 16.2. The Balaban J connectivity index is 1.17. The number of aromatic amines is 1. The van der Waals surface area contributed by atoms with E-state index in [9.17, 15) is 4.79 Å². The van der Waals surface area contributed by atoms with Crippen LogP contribution in [0.15, 0.2) is 47.6 Å². The van der Waals surface area contributed by atoms with E-state index >= 15 is 0 Å². The molecule has 8 nitrogen and oxygen atoms in total. The van der Waals surface area contributed by atoms with E-state index < -0.39 is 0 Å². The highest BCUT2D eigenvalue weighted by Gasteiger charge is 2.32. The van der Waals surface area contributed by atoms with Gasteiger partial charge in [-0.05, 0) is 56.0 Å². The van der Waals surface area contributed by atoms with Crippen LogP contribution in [0.1, 0.15) is 41.9 Å². The fourth-order valence-corrected chi connectivity index (χ4v) is 4.60. The predicted octanol–water partition coefficient (Wildman–Crippen LogP) is 3.83. The van der Waals surface area contributed by atoms with Crippen molar-refractivity contribution in [2.45, 2.75) is 31.7 Å². The monoisotopic (exact) mass is 441 g/mol. The summed E-state index contributed by atoms with van der Waals surface area (Å²) in [5.41, 5.74) is 4.14. The number of piperazine rings is 1. The van der Waals surface area contributed by atoms with Gasteiger partial charge in [0.1, 0.15) is 5.69 Å². The lowest BCUT2D eigenvalue weighted by atomic mass is 10.2. The highest BCUT2D eigenvalue weighted by molar-refractivity contribution is 5.98. The Bertz CT molecular complexity index is 1250. The Hall–Kier alpha value is -3.52. The SMILES string of the molecule is O=C(c1cc2cc(Nc3nccc(C4=CCCC=N4)n3)ccc2[nH]1)N1CCN(C2CC2)CC1. The maximum atomic E-state index is 13.0. The van der Waals surface area contributed by atoms with Crippen LogP contribution < -0.4 is 5.32 Å². The Kier molecular flexibility index (Phi) is 5.14. The van der Waals surface area contributed by atoms with Gasteiger partial charge in [-0.1, -0.05) is 6.08 Å². The van der Waals surface area contributed by atoms with E-state index in [0.29, 0.717) is 11.6 Å². The number of carbonyl (C=O) groups is 1. The van der Waals surface area contributed by atoms with Crippen LogP contribution in [-0.2, 0) is 0 Å². The molecule has 0 bridgehead atoms. The van der Waals surface area contributed by atoms with Crippen molar-refractivity contribution in [2.75, 3.05) is 31.5 Å². The molecule has 4 heterocycles. The average Bonchev–Trinajstić information content (AvgIpc) is 3.63. The molecule has 33 heavy (non-hydrogen) atoms. The third-order valence-corrected chi connectivity index (χ3v) is 6.55. The summed E-state index contributed by atoms with van der Waals surface area (Å²) in [5, 5.41) is 4.26. The summed E-state index contributed by atoms with van der Waals surface area (Å²) in [4.78, 5) is 34.2. The molecule has 2 aromatic heterocycles. The molecule has 3 aromatic rings. The summed E-state index contributed by atoms with van der Waals surface area (Å²) in [5.74, 6) is 0.599. The van der Waals surface area contributed by atoms with E-state index in [1.807, 2.05) is 41.4 Å². The lowest BCUT2D eigenvalue weighted by molar-refractivity contribution is 0.0622. The third kappa shape index (κ3) is 4.26. The molecule has 3 aliphatic rings. The van der Waals surface area contributed by atoms with Crippen molar-refractivity contribution in [3.63, 3.8) is 0 Å². The number of allylic oxidation sites excluding steroid dienone is 1. The first-order valence-electron chi connectivity index (χ1n) is 11.7. The van der Waals surface area contributed by atoms with Crippen molar-refractivity contribution in [2.24, 2.45) is 4.99 Å². The van der Waals surface area contributed by atoms with Crippen molar-refractivity contribution in [3.8, 4) is 0 Å². The second-order valence-corrected chi connectivity index (χ2v) is 8.91. The number of nitrogens with zero attached hydrogens (tertiary/aromatic N) is 5. The normalized spacial score (nSPS) is 19.0. The lowest BCUT2D eigenvalue weighted by Gasteiger charge is -2.34. The smallest absolute Gasteiger partial charge is 0.270 e. The summed E-state index contributed by atoms with van der Waals surface area (Å²) >= 11 is 0. The zero-order valence-corrected chi connectivity index (χ0v) is 18.5. The number of amides is 1. The summed E-state index contributed by atoms with van der Waals surface area (Å²) in [7, 11) is 0. The zero-order chi connectivity index (χ0) is 22.2. The van der Waals surface area contributed by atoms with Gasteiger partial charge in [-0.3, -0.25) is 14.7 Å². The number of aromatic nitrogens is 3. The standard InChI is InChI=1S/C25H27N7O/c33-24(32-13-11-31(12-14-32)19-5-6-19)23-16-17-15-18(4-7-20(17)29-23)28-25-27-10-8-22(30-25)21-3-1-2-9-26-21/h3-4,7-10,15-16,19,29H,1-2,5-6,11-14H2,(H,27,28,30). The highest BCUT2D eigenvalue weighted by atomic mass is 16.2. The maximum absolute atomic E-state index is 13.0. The molecule has 1 saturated carbocycles. The molecular formula is C25H27N7O. The minimum atomic E-state index is 0.0773. The van der Waals surface area contributed by atoms with Gasteiger partial charge in [0, 0.05) is 61.2 Å².